The highest BCUT2D eigenvalue weighted by atomic mass is 16.7. The second-order valence-corrected chi connectivity index (χ2v) is 2.91. The van der Waals surface area contributed by atoms with Crippen molar-refractivity contribution < 1.29 is 14.2 Å². The molecule has 0 aromatic rings. The standard InChI is InChI=1S/C7H14O3/c1-7(2)9-5-6(10-7)4-8-3/h6H,4-5H2,1-3H3/t6-/m0/s1. The van der Waals surface area contributed by atoms with Crippen molar-refractivity contribution in [2.24, 2.45) is 0 Å². The van der Waals surface area contributed by atoms with E-state index in [9.17, 15) is 0 Å². The highest BCUT2D eigenvalue weighted by Gasteiger charge is 2.32. The van der Waals surface area contributed by atoms with E-state index in [0.29, 0.717) is 13.2 Å². The number of hydrogen-bond acceptors (Lipinski definition) is 3. The maximum absolute atomic E-state index is 5.44. The second kappa shape index (κ2) is 2.86. The lowest BCUT2D eigenvalue weighted by Gasteiger charge is -2.16. The van der Waals surface area contributed by atoms with Gasteiger partial charge >= 0.3 is 0 Å². The van der Waals surface area contributed by atoms with Gasteiger partial charge in [-0.25, -0.2) is 0 Å². The summed E-state index contributed by atoms with van der Waals surface area (Å²) in [4.78, 5) is 0. The molecule has 1 fully saturated rings. The second-order valence-electron chi connectivity index (χ2n) is 2.91. The largest absolute Gasteiger partial charge is 0.382 e. The summed E-state index contributed by atoms with van der Waals surface area (Å²) in [5.74, 6) is -0.413. The molecule has 3 heteroatoms. The molecule has 10 heavy (non-hydrogen) atoms. The van der Waals surface area contributed by atoms with E-state index in [-0.39, 0.29) is 6.10 Å². The summed E-state index contributed by atoms with van der Waals surface area (Å²) in [5, 5.41) is 0. The zero-order valence-electron chi connectivity index (χ0n) is 6.72. The third kappa shape index (κ3) is 1.94. The Kier molecular flexibility index (Phi) is 2.28. The Balaban J connectivity index is 2.29. The van der Waals surface area contributed by atoms with Crippen molar-refractivity contribution in [3.8, 4) is 0 Å². The maximum Gasteiger partial charge on any atom is 0.163 e. The van der Waals surface area contributed by atoms with E-state index < -0.39 is 5.79 Å². The minimum atomic E-state index is -0.413. The minimum absolute atomic E-state index is 0.111. The topological polar surface area (TPSA) is 27.7 Å². The molecule has 0 amide bonds. The molecular weight excluding hydrogens is 132 g/mol. The quantitative estimate of drug-likeness (QED) is 0.576. The Morgan fingerprint density at radius 1 is 1.60 bits per heavy atom. The molecule has 1 aliphatic heterocycles. The summed E-state index contributed by atoms with van der Waals surface area (Å²) in [6.07, 6.45) is 0.111. The molecule has 0 spiro atoms. The molecule has 0 aromatic heterocycles. The van der Waals surface area contributed by atoms with Gasteiger partial charge in [-0.15, -0.1) is 0 Å². The smallest absolute Gasteiger partial charge is 0.163 e. The average molecular weight is 146 g/mol. The van der Waals surface area contributed by atoms with Gasteiger partial charge in [-0.2, -0.15) is 0 Å². The number of ether oxygens (including phenoxy) is 3. The van der Waals surface area contributed by atoms with Crippen molar-refractivity contribution in [3.05, 3.63) is 0 Å². The summed E-state index contributed by atoms with van der Waals surface area (Å²) in [6, 6.07) is 0. The lowest BCUT2D eigenvalue weighted by atomic mass is 10.4. The van der Waals surface area contributed by atoms with Crippen molar-refractivity contribution >= 4 is 0 Å². The zero-order valence-corrected chi connectivity index (χ0v) is 6.72. The monoisotopic (exact) mass is 146 g/mol. The molecule has 0 saturated carbocycles. The first-order valence-corrected chi connectivity index (χ1v) is 3.45. The van der Waals surface area contributed by atoms with Crippen LogP contribution in [-0.2, 0) is 14.2 Å². The molecule has 1 saturated heterocycles. The fourth-order valence-electron chi connectivity index (χ4n) is 1.03. The number of methoxy groups -OCH3 is 1. The summed E-state index contributed by atoms with van der Waals surface area (Å²) in [6.45, 7) is 5.07. The molecule has 0 bridgehead atoms. The van der Waals surface area contributed by atoms with Gasteiger partial charge in [0.1, 0.15) is 6.10 Å². The van der Waals surface area contributed by atoms with Crippen LogP contribution in [0, 0.1) is 0 Å². The van der Waals surface area contributed by atoms with E-state index in [1.54, 1.807) is 7.11 Å². The third-order valence-electron chi connectivity index (χ3n) is 1.42. The summed E-state index contributed by atoms with van der Waals surface area (Å²) < 4.78 is 15.7. The number of rotatable bonds is 2. The Hall–Kier alpha value is -0.120. The molecule has 0 radical (unpaired) electrons. The van der Waals surface area contributed by atoms with Crippen molar-refractivity contribution in [3.63, 3.8) is 0 Å². The van der Waals surface area contributed by atoms with E-state index in [2.05, 4.69) is 0 Å². The van der Waals surface area contributed by atoms with Crippen LogP contribution in [0.4, 0.5) is 0 Å². The van der Waals surface area contributed by atoms with Crippen molar-refractivity contribution in [1.82, 2.24) is 0 Å². The summed E-state index contributed by atoms with van der Waals surface area (Å²) in [5.41, 5.74) is 0. The molecule has 1 atom stereocenters. The van der Waals surface area contributed by atoms with Gasteiger partial charge in [-0.05, 0) is 13.8 Å². The van der Waals surface area contributed by atoms with Crippen molar-refractivity contribution in [2.45, 2.75) is 25.7 Å². The first-order valence-electron chi connectivity index (χ1n) is 3.45. The lowest BCUT2D eigenvalue weighted by molar-refractivity contribution is -0.143. The van der Waals surface area contributed by atoms with E-state index in [4.69, 9.17) is 14.2 Å². The van der Waals surface area contributed by atoms with E-state index in [0.717, 1.165) is 0 Å². The van der Waals surface area contributed by atoms with Crippen LogP contribution in [0.15, 0.2) is 0 Å². The highest BCUT2D eigenvalue weighted by molar-refractivity contribution is 4.69. The van der Waals surface area contributed by atoms with Gasteiger partial charge in [0, 0.05) is 7.11 Å². The first-order chi connectivity index (χ1) is 4.64. The fourth-order valence-corrected chi connectivity index (χ4v) is 1.03. The van der Waals surface area contributed by atoms with Crippen LogP contribution in [0.1, 0.15) is 13.8 Å². The predicted molar refractivity (Wildman–Crippen MR) is 36.8 cm³/mol. The van der Waals surface area contributed by atoms with E-state index >= 15 is 0 Å². The van der Waals surface area contributed by atoms with Crippen LogP contribution in [0.3, 0.4) is 0 Å². The molecular formula is C7H14O3. The molecule has 1 heterocycles. The average Bonchev–Trinajstić information content (AvgIpc) is 2.12. The van der Waals surface area contributed by atoms with Crippen molar-refractivity contribution in [2.75, 3.05) is 20.3 Å². The SMILES string of the molecule is COC[C@H]1COC(C)(C)O1. The summed E-state index contributed by atoms with van der Waals surface area (Å²) in [7, 11) is 1.66. The van der Waals surface area contributed by atoms with Crippen molar-refractivity contribution in [1.29, 1.82) is 0 Å². The van der Waals surface area contributed by atoms with Gasteiger partial charge in [-0.1, -0.05) is 0 Å². The molecule has 0 unspecified atom stereocenters. The van der Waals surface area contributed by atoms with Crippen LogP contribution in [-0.4, -0.2) is 32.2 Å². The number of hydrogen-bond donors (Lipinski definition) is 0. The minimum Gasteiger partial charge on any atom is -0.382 e. The Morgan fingerprint density at radius 2 is 2.30 bits per heavy atom. The van der Waals surface area contributed by atoms with Gasteiger partial charge in [0.25, 0.3) is 0 Å². The summed E-state index contributed by atoms with van der Waals surface area (Å²) >= 11 is 0. The van der Waals surface area contributed by atoms with Gasteiger partial charge in [-0.3, -0.25) is 0 Å². The van der Waals surface area contributed by atoms with Crippen LogP contribution >= 0.6 is 0 Å². The van der Waals surface area contributed by atoms with Gasteiger partial charge in [0.15, 0.2) is 5.79 Å². The fraction of sp³-hybridized carbons (Fsp3) is 1.00. The Labute approximate surface area is 61.3 Å². The van der Waals surface area contributed by atoms with Crippen LogP contribution < -0.4 is 0 Å². The van der Waals surface area contributed by atoms with Gasteiger partial charge < -0.3 is 14.2 Å². The normalized spacial score (nSPS) is 30.9. The highest BCUT2D eigenvalue weighted by Crippen LogP contribution is 2.21. The molecule has 60 valence electrons. The molecule has 0 N–H and O–H groups in total. The Bertz CT molecular complexity index is 111. The molecule has 0 aliphatic carbocycles. The van der Waals surface area contributed by atoms with Crippen LogP contribution in [0.2, 0.25) is 0 Å². The maximum atomic E-state index is 5.44. The Morgan fingerprint density at radius 3 is 2.70 bits per heavy atom. The lowest BCUT2D eigenvalue weighted by Crippen LogP contribution is -2.23. The third-order valence-corrected chi connectivity index (χ3v) is 1.42. The van der Waals surface area contributed by atoms with Gasteiger partial charge in [0.05, 0.1) is 13.2 Å². The van der Waals surface area contributed by atoms with E-state index in [1.807, 2.05) is 13.8 Å². The molecule has 3 nitrogen and oxygen atoms in total. The molecule has 0 aromatic carbocycles. The molecule has 1 rings (SSSR count). The van der Waals surface area contributed by atoms with Gasteiger partial charge in [0.2, 0.25) is 0 Å². The van der Waals surface area contributed by atoms with E-state index in [1.165, 1.54) is 0 Å². The predicted octanol–water partition coefficient (Wildman–Crippen LogP) is 0.784. The first kappa shape index (κ1) is 7.98. The van der Waals surface area contributed by atoms with Crippen LogP contribution in [0.5, 0.6) is 0 Å². The molecule has 1 aliphatic rings. The van der Waals surface area contributed by atoms with Crippen LogP contribution in [0.25, 0.3) is 0 Å². The zero-order chi connectivity index (χ0) is 7.61.